The van der Waals surface area contributed by atoms with Gasteiger partial charge in [0, 0.05) is 15.2 Å². The maximum absolute atomic E-state index is 10.6. The monoisotopic (exact) mass is 276 g/mol. The second-order valence-electron chi connectivity index (χ2n) is 5.18. The van der Waals surface area contributed by atoms with E-state index in [4.69, 9.17) is 0 Å². The number of hydrogen-bond acceptors (Lipinski definition) is 3. The van der Waals surface area contributed by atoms with Crippen LogP contribution in [0.2, 0.25) is 0 Å². The predicted molar refractivity (Wildman–Crippen MR) is 79.0 cm³/mol. The number of aldehydes is 1. The zero-order valence-corrected chi connectivity index (χ0v) is 12.4. The Hall–Kier alpha value is -1.06. The fourth-order valence-corrected chi connectivity index (χ4v) is 3.32. The summed E-state index contributed by atoms with van der Waals surface area (Å²) in [7, 11) is 0. The van der Waals surface area contributed by atoms with Crippen molar-refractivity contribution < 1.29 is 4.79 Å². The summed E-state index contributed by atoms with van der Waals surface area (Å²) in [6.07, 6.45) is 0.900. The molecule has 0 spiro atoms. The number of carbonyl (C=O) groups excluding carboxylic acids is 1. The lowest BCUT2D eigenvalue weighted by Crippen LogP contribution is -2.10. The van der Waals surface area contributed by atoms with E-state index in [0.717, 1.165) is 16.1 Å². The first-order valence-corrected chi connectivity index (χ1v) is 7.51. The molecule has 1 aromatic heterocycles. The van der Waals surface area contributed by atoms with Gasteiger partial charge < -0.3 is 0 Å². The summed E-state index contributed by atoms with van der Waals surface area (Å²) < 4.78 is 0. The molecule has 0 N–H and O–H groups in total. The van der Waals surface area contributed by atoms with Crippen LogP contribution in [-0.2, 0) is 5.41 Å². The largest absolute Gasteiger partial charge is 0.297 e. The van der Waals surface area contributed by atoms with Gasteiger partial charge in [-0.25, -0.2) is 0 Å². The molecule has 2 rings (SSSR count). The van der Waals surface area contributed by atoms with Crippen LogP contribution in [0.4, 0.5) is 0 Å². The summed E-state index contributed by atoms with van der Waals surface area (Å²) in [6, 6.07) is 10.6. The lowest BCUT2D eigenvalue weighted by atomic mass is 9.87. The molecule has 94 valence electrons. The number of benzene rings is 1. The first-order valence-electron chi connectivity index (χ1n) is 5.81. The average molecular weight is 276 g/mol. The van der Waals surface area contributed by atoms with E-state index in [0.29, 0.717) is 0 Å². The summed E-state index contributed by atoms with van der Waals surface area (Å²) in [6.45, 7) is 6.64. The summed E-state index contributed by atoms with van der Waals surface area (Å²) in [5.41, 5.74) is 1.53. The van der Waals surface area contributed by atoms with Gasteiger partial charge in [0.2, 0.25) is 0 Å². The van der Waals surface area contributed by atoms with Gasteiger partial charge >= 0.3 is 0 Å². The predicted octanol–water partition coefficient (Wildman–Crippen LogP) is 5.01. The molecule has 0 amide bonds. The lowest BCUT2D eigenvalue weighted by molar-refractivity contribution is 0.112. The quantitative estimate of drug-likeness (QED) is 0.733. The van der Waals surface area contributed by atoms with Crippen LogP contribution in [-0.4, -0.2) is 6.29 Å². The molecule has 18 heavy (non-hydrogen) atoms. The molecule has 0 atom stereocenters. The van der Waals surface area contributed by atoms with E-state index >= 15 is 0 Å². The molecule has 0 radical (unpaired) electrons. The molecular weight excluding hydrogens is 260 g/mol. The van der Waals surface area contributed by atoms with Crippen molar-refractivity contribution in [3.8, 4) is 0 Å². The Bertz CT molecular complexity index is 532. The van der Waals surface area contributed by atoms with Crippen molar-refractivity contribution in [1.29, 1.82) is 0 Å². The van der Waals surface area contributed by atoms with E-state index in [2.05, 4.69) is 45.0 Å². The van der Waals surface area contributed by atoms with Gasteiger partial charge in [-0.05, 0) is 29.2 Å². The van der Waals surface area contributed by atoms with Crippen LogP contribution >= 0.6 is 23.1 Å². The molecule has 0 bridgehead atoms. The van der Waals surface area contributed by atoms with E-state index in [1.165, 1.54) is 21.8 Å². The van der Waals surface area contributed by atoms with E-state index < -0.39 is 0 Å². The second-order valence-corrected chi connectivity index (χ2v) is 7.27. The third-order valence-electron chi connectivity index (χ3n) is 2.67. The average Bonchev–Trinajstić information content (AvgIpc) is 2.76. The molecule has 0 saturated heterocycles. The van der Waals surface area contributed by atoms with E-state index in [1.54, 1.807) is 11.8 Å². The van der Waals surface area contributed by atoms with Crippen LogP contribution in [0.1, 0.15) is 36.0 Å². The van der Waals surface area contributed by atoms with Crippen molar-refractivity contribution in [2.45, 2.75) is 36.0 Å². The maximum Gasteiger partial charge on any atom is 0.160 e. The van der Waals surface area contributed by atoms with Crippen molar-refractivity contribution in [2.75, 3.05) is 0 Å². The molecule has 1 aromatic carbocycles. The van der Waals surface area contributed by atoms with Gasteiger partial charge in [0.05, 0.1) is 4.88 Å². The third-order valence-corrected chi connectivity index (χ3v) is 4.65. The van der Waals surface area contributed by atoms with Gasteiger partial charge in [-0.3, -0.25) is 4.79 Å². The van der Waals surface area contributed by atoms with E-state index in [1.807, 2.05) is 11.4 Å². The number of rotatable bonds is 3. The molecule has 0 aliphatic carbocycles. The SMILES string of the molecule is CC(C)(C)c1ccc(Sc2csc(C=O)c2)cc1. The smallest absolute Gasteiger partial charge is 0.160 e. The van der Waals surface area contributed by atoms with Crippen molar-refractivity contribution in [2.24, 2.45) is 0 Å². The molecule has 1 nitrogen and oxygen atoms in total. The zero-order chi connectivity index (χ0) is 13.2. The topological polar surface area (TPSA) is 17.1 Å². The van der Waals surface area contributed by atoms with E-state index in [9.17, 15) is 4.79 Å². The number of carbonyl (C=O) groups is 1. The molecule has 3 heteroatoms. The third kappa shape index (κ3) is 3.24. The van der Waals surface area contributed by atoms with Crippen LogP contribution in [0.5, 0.6) is 0 Å². The lowest BCUT2D eigenvalue weighted by Gasteiger charge is -2.18. The summed E-state index contributed by atoms with van der Waals surface area (Å²) in [5, 5.41) is 2.02. The van der Waals surface area contributed by atoms with Crippen LogP contribution in [0, 0.1) is 0 Å². The van der Waals surface area contributed by atoms with Crippen molar-refractivity contribution >= 4 is 29.4 Å². The summed E-state index contributed by atoms with van der Waals surface area (Å²) >= 11 is 3.18. The minimum atomic E-state index is 0.191. The molecule has 0 aliphatic heterocycles. The molecular formula is C15H16OS2. The van der Waals surface area contributed by atoms with Crippen LogP contribution < -0.4 is 0 Å². The Morgan fingerprint density at radius 3 is 2.28 bits per heavy atom. The highest BCUT2D eigenvalue weighted by molar-refractivity contribution is 7.99. The second kappa shape index (κ2) is 5.29. The highest BCUT2D eigenvalue weighted by atomic mass is 32.2. The maximum atomic E-state index is 10.6. The van der Waals surface area contributed by atoms with Crippen LogP contribution in [0.3, 0.4) is 0 Å². The Labute approximate surface area is 116 Å². The summed E-state index contributed by atoms with van der Waals surface area (Å²) in [4.78, 5) is 13.7. The number of hydrogen-bond donors (Lipinski definition) is 0. The minimum Gasteiger partial charge on any atom is -0.297 e. The first kappa shape index (κ1) is 13.4. The molecule has 0 unspecified atom stereocenters. The van der Waals surface area contributed by atoms with Gasteiger partial charge in [0.25, 0.3) is 0 Å². The Kier molecular flexibility index (Phi) is 3.93. The molecule has 2 aromatic rings. The first-order chi connectivity index (χ1) is 8.49. The van der Waals surface area contributed by atoms with Crippen molar-refractivity contribution in [3.05, 3.63) is 46.2 Å². The highest BCUT2D eigenvalue weighted by Gasteiger charge is 2.13. The normalized spacial score (nSPS) is 11.5. The molecule has 0 fully saturated rings. The summed E-state index contributed by atoms with van der Waals surface area (Å²) in [5.74, 6) is 0. The standard InChI is InChI=1S/C15H16OS2/c1-15(2,3)11-4-6-12(7-5-11)18-14-8-13(9-16)17-10-14/h4-10H,1-3H3. The minimum absolute atomic E-state index is 0.191. The van der Waals surface area contributed by atoms with Gasteiger partial charge in [0.1, 0.15) is 0 Å². The van der Waals surface area contributed by atoms with Gasteiger partial charge in [-0.1, -0.05) is 44.7 Å². The highest BCUT2D eigenvalue weighted by Crippen LogP contribution is 2.32. The zero-order valence-electron chi connectivity index (χ0n) is 10.8. The Balaban J connectivity index is 2.13. The van der Waals surface area contributed by atoms with Crippen LogP contribution in [0.25, 0.3) is 0 Å². The van der Waals surface area contributed by atoms with E-state index in [-0.39, 0.29) is 5.41 Å². The number of thiophene rings is 1. The van der Waals surface area contributed by atoms with Crippen molar-refractivity contribution in [1.82, 2.24) is 0 Å². The molecule has 1 heterocycles. The molecule has 0 aliphatic rings. The fraction of sp³-hybridized carbons (Fsp3) is 0.267. The van der Waals surface area contributed by atoms with Gasteiger partial charge in [0.15, 0.2) is 6.29 Å². The van der Waals surface area contributed by atoms with Crippen molar-refractivity contribution in [3.63, 3.8) is 0 Å². The fourth-order valence-electron chi connectivity index (χ4n) is 1.61. The van der Waals surface area contributed by atoms with Gasteiger partial charge in [-0.2, -0.15) is 0 Å². The Morgan fingerprint density at radius 1 is 1.11 bits per heavy atom. The Morgan fingerprint density at radius 2 is 1.78 bits per heavy atom. The molecule has 0 saturated carbocycles. The van der Waals surface area contributed by atoms with Gasteiger partial charge in [-0.15, -0.1) is 11.3 Å². The van der Waals surface area contributed by atoms with Crippen LogP contribution in [0.15, 0.2) is 45.5 Å².